The molecule has 3 nitrogen and oxygen atoms in total. The summed E-state index contributed by atoms with van der Waals surface area (Å²) in [5, 5.41) is 9.50. The van der Waals surface area contributed by atoms with Gasteiger partial charge in [0.05, 0.1) is 6.07 Å². The van der Waals surface area contributed by atoms with Crippen LogP contribution in [0.3, 0.4) is 0 Å². The van der Waals surface area contributed by atoms with Crippen LogP contribution >= 0.6 is 0 Å². The minimum Gasteiger partial charge on any atom is -0.310 e. The van der Waals surface area contributed by atoms with Crippen molar-refractivity contribution in [2.24, 2.45) is 5.73 Å². The third-order valence-corrected chi connectivity index (χ3v) is 4.50. The van der Waals surface area contributed by atoms with E-state index in [4.69, 9.17) is 5.73 Å². The third kappa shape index (κ3) is 3.39. The van der Waals surface area contributed by atoms with Crippen LogP contribution in [0.5, 0.6) is 0 Å². The molecule has 2 unspecified atom stereocenters. The normalized spacial score (nSPS) is 22.9. The number of piperidine rings is 1. The van der Waals surface area contributed by atoms with Crippen molar-refractivity contribution >= 4 is 0 Å². The van der Waals surface area contributed by atoms with Crippen LogP contribution in [-0.4, -0.2) is 24.0 Å². The van der Waals surface area contributed by atoms with E-state index in [1.807, 2.05) is 30.3 Å². The van der Waals surface area contributed by atoms with E-state index in [2.05, 4.69) is 17.9 Å². The van der Waals surface area contributed by atoms with Gasteiger partial charge in [-0.25, -0.2) is 0 Å². The highest BCUT2D eigenvalue weighted by Gasteiger charge is 2.29. The number of likely N-dealkylation sites (tertiary alicyclic amines) is 1. The average molecular weight is 271 g/mol. The fraction of sp³-hybridized carbons (Fsp3) is 0.588. The molecule has 108 valence electrons. The molecule has 0 bridgehead atoms. The number of hydrogen-bond acceptors (Lipinski definition) is 3. The molecule has 1 aliphatic heterocycles. The van der Waals surface area contributed by atoms with Gasteiger partial charge in [-0.2, -0.15) is 5.26 Å². The molecule has 2 atom stereocenters. The first-order valence-corrected chi connectivity index (χ1v) is 7.69. The summed E-state index contributed by atoms with van der Waals surface area (Å²) in [6, 6.07) is 12.8. The maximum atomic E-state index is 9.50. The first-order valence-electron chi connectivity index (χ1n) is 7.69. The molecule has 1 saturated heterocycles. The van der Waals surface area contributed by atoms with Crippen LogP contribution in [0.2, 0.25) is 0 Å². The van der Waals surface area contributed by atoms with E-state index in [1.165, 1.54) is 25.7 Å². The average Bonchev–Trinajstić information content (AvgIpc) is 2.53. The Hall–Kier alpha value is -1.37. The number of nitrogens with two attached hydrogens (primary N) is 1. The summed E-state index contributed by atoms with van der Waals surface area (Å²) in [4.78, 5) is 2.52. The Morgan fingerprint density at radius 3 is 2.75 bits per heavy atom. The molecule has 1 heterocycles. The molecule has 20 heavy (non-hydrogen) atoms. The van der Waals surface area contributed by atoms with Gasteiger partial charge in [0.1, 0.15) is 5.54 Å². The fourth-order valence-corrected chi connectivity index (χ4v) is 3.14. The molecule has 0 aromatic heterocycles. The monoisotopic (exact) mass is 271 g/mol. The predicted molar refractivity (Wildman–Crippen MR) is 82.0 cm³/mol. The summed E-state index contributed by atoms with van der Waals surface area (Å²) < 4.78 is 0. The minimum absolute atomic E-state index is 0.669. The molecule has 0 radical (unpaired) electrons. The van der Waals surface area contributed by atoms with Crippen LogP contribution < -0.4 is 5.73 Å². The molecule has 0 spiro atoms. The summed E-state index contributed by atoms with van der Waals surface area (Å²) in [6.07, 6.45) is 5.77. The molecule has 1 fully saturated rings. The van der Waals surface area contributed by atoms with E-state index < -0.39 is 5.54 Å². The maximum Gasteiger partial charge on any atom is 0.131 e. The lowest BCUT2D eigenvalue weighted by molar-refractivity contribution is 0.135. The number of nitrogens with zero attached hydrogens (tertiary/aromatic N) is 2. The van der Waals surface area contributed by atoms with Gasteiger partial charge in [-0.15, -0.1) is 0 Å². The molecule has 2 rings (SSSR count). The Labute approximate surface area is 122 Å². The van der Waals surface area contributed by atoms with Crippen LogP contribution in [-0.2, 0) is 5.54 Å². The zero-order chi connectivity index (χ0) is 14.4. The first kappa shape index (κ1) is 15.0. The molecule has 3 heteroatoms. The Bertz CT molecular complexity index is 451. The zero-order valence-electron chi connectivity index (χ0n) is 12.4. The van der Waals surface area contributed by atoms with Gasteiger partial charge in [-0.05, 0) is 37.8 Å². The van der Waals surface area contributed by atoms with Crippen molar-refractivity contribution in [3.8, 4) is 6.07 Å². The van der Waals surface area contributed by atoms with Crippen molar-refractivity contribution in [1.82, 2.24) is 4.90 Å². The van der Waals surface area contributed by atoms with E-state index in [0.717, 1.165) is 18.7 Å². The fourth-order valence-electron chi connectivity index (χ4n) is 3.14. The van der Waals surface area contributed by atoms with E-state index >= 15 is 0 Å². The summed E-state index contributed by atoms with van der Waals surface area (Å²) in [5.41, 5.74) is 6.39. The smallest absolute Gasteiger partial charge is 0.131 e. The van der Waals surface area contributed by atoms with Crippen molar-refractivity contribution in [2.45, 2.75) is 50.6 Å². The van der Waals surface area contributed by atoms with Crippen LogP contribution in [0, 0.1) is 11.3 Å². The van der Waals surface area contributed by atoms with Crippen molar-refractivity contribution in [2.75, 3.05) is 13.1 Å². The van der Waals surface area contributed by atoms with Crippen LogP contribution in [0.25, 0.3) is 0 Å². The van der Waals surface area contributed by atoms with Gasteiger partial charge in [0.25, 0.3) is 0 Å². The molecule has 0 saturated carbocycles. The lowest BCUT2D eigenvalue weighted by Gasteiger charge is -2.36. The molecular formula is C17H25N3. The third-order valence-electron chi connectivity index (χ3n) is 4.50. The van der Waals surface area contributed by atoms with Crippen molar-refractivity contribution in [1.29, 1.82) is 5.26 Å². The molecule has 1 aliphatic rings. The van der Waals surface area contributed by atoms with Gasteiger partial charge < -0.3 is 10.6 Å². The standard InChI is InChI=1S/C17H25N3/c1-2-16-10-6-7-12-20(16)13-11-17(19,14-18)15-8-4-3-5-9-15/h3-5,8-9,16H,2,6-7,10-13,19H2,1H3. The highest BCUT2D eigenvalue weighted by molar-refractivity contribution is 5.30. The Kier molecular flexibility index (Phi) is 5.17. The molecule has 1 aromatic rings. The summed E-state index contributed by atoms with van der Waals surface area (Å²) in [7, 11) is 0. The van der Waals surface area contributed by atoms with Gasteiger partial charge in [0, 0.05) is 12.6 Å². The quantitative estimate of drug-likeness (QED) is 0.895. The second-order valence-electron chi connectivity index (χ2n) is 5.79. The number of nitriles is 1. The van der Waals surface area contributed by atoms with Crippen molar-refractivity contribution < 1.29 is 0 Å². The Balaban J connectivity index is 2.02. The first-order chi connectivity index (χ1) is 9.69. The summed E-state index contributed by atoms with van der Waals surface area (Å²) >= 11 is 0. The lowest BCUT2D eigenvalue weighted by Crippen LogP contribution is -2.44. The second-order valence-corrected chi connectivity index (χ2v) is 5.79. The molecule has 0 amide bonds. The topological polar surface area (TPSA) is 53.0 Å². The summed E-state index contributed by atoms with van der Waals surface area (Å²) in [6.45, 7) is 4.31. The highest BCUT2D eigenvalue weighted by atomic mass is 15.2. The second kappa shape index (κ2) is 6.88. The van der Waals surface area contributed by atoms with Crippen LogP contribution in [0.4, 0.5) is 0 Å². The zero-order valence-corrected chi connectivity index (χ0v) is 12.4. The van der Waals surface area contributed by atoms with Gasteiger partial charge >= 0.3 is 0 Å². The number of benzene rings is 1. The van der Waals surface area contributed by atoms with Crippen molar-refractivity contribution in [3.63, 3.8) is 0 Å². The maximum absolute atomic E-state index is 9.50. The van der Waals surface area contributed by atoms with Gasteiger partial charge in [0.2, 0.25) is 0 Å². The largest absolute Gasteiger partial charge is 0.310 e. The molecular weight excluding hydrogens is 246 g/mol. The predicted octanol–water partition coefficient (Wildman–Crippen LogP) is 3.02. The van der Waals surface area contributed by atoms with E-state index in [0.29, 0.717) is 12.5 Å². The molecule has 0 aliphatic carbocycles. The Morgan fingerprint density at radius 1 is 1.35 bits per heavy atom. The Morgan fingerprint density at radius 2 is 2.10 bits per heavy atom. The molecule has 1 aromatic carbocycles. The SMILES string of the molecule is CCC1CCCCN1CCC(N)(C#N)c1ccccc1. The van der Waals surface area contributed by atoms with Gasteiger partial charge in [-0.1, -0.05) is 43.7 Å². The van der Waals surface area contributed by atoms with E-state index in [9.17, 15) is 5.26 Å². The highest BCUT2D eigenvalue weighted by Crippen LogP contribution is 2.25. The van der Waals surface area contributed by atoms with Crippen molar-refractivity contribution in [3.05, 3.63) is 35.9 Å². The van der Waals surface area contributed by atoms with Gasteiger partial charge in [0.15, 0.2) is 0 Å². The number of hydrogen-bond donors (Lipinski definition) is 1. The van der Waals surface area contributed by atoms with Crippen LogP contribution in [0.1, 0.15) is 44.6 Å². The molecule has 2 N–H and O–H groups in total. The van der Waals surface area contributed by atoms with Crippen LogP contribution in [0.15, 0.2) is 30.3 Å². The summed E-state index contributed by atoms with van der Waals surface area (Å²) in [5.74, 6) is 0. The lowest BCUT2D eigenvalue weighted by atomic mass is 9.88. The number of rotatable bonds is 5. The van der Waals surface area contributed by atoms with E-state index in [-0.39, 0.29) is 0 Å². The van der Waals surface area contributed by atoms with E-state index in [1.54, 1.807) is 0 Å². The minimum atomic E-state index is -0.864. The van der Waals surface area contributed by atoms with Gasteiger partial charge in [-0.3, -0.25) is 0 Å².